The summed E-state index contributed by atoms with van der Waals surface area (Å²) in [6, 6.07) is 4.02. The van der Waals surface area contributed by atoms with Crippen molar-refractivity contribution in [2.75, 3.05) is 6.61 Å². The molecule has 0 aliphatic heterocycles. The summed E-state index contributed by atoms with van der Waals surface area (Å²) in [6.07, 6.45) is 13.3. The molecule has 0 saturated carbocycles. The highest BCUT2D eigenvalue weighted by Gasteiger charge is 1.87. The van der Waals surface area contributed by atoms with Crippen molar-refractivity contribution in [3.05, 3.63) is 54.4 Å². The molecule has 0 spiro atoms. The maximum absolute atomic E-state index is 8.47. The molecule has 0 aliphatic carbocycles. The average molecular weight is 189 g/mol. The van der Waals surface area contributed by atoms with Gasteiger partial charge in [-0.1, -0.05) is 30.4 Å². The van der Waals surface area contributed by atoms with Crippen LogP contribution in [0.4, 0.5) is 0 Å². The SMILES string of the molecule is OC/C=C/C=C/CCc1cccnc1. The van der Waals surface area contributed by atoms with E-state index in [9.17, 15) is 0 Å². The van der Waals surface area contributed by atoms with Crippen LogP contribution in [-0.4, -0.2) is 16.7 Å². The van der Waals surface area contributed by atoms with E-state index in [4.69, 9.17) is 5.11 Å². The smallest absolute Gasteiger partial charge is 0.0615 e. The van der Waals surface area contributed by atoms with Crippen molar-refractivity contribution < 1.29 is 5.11 Å². The summed E-state index contributed by atoms with van der Waals surface area (Å²) in [7, 11) is 0. The molecule has 0 aromatic carbocycles. The second-order valence-corrected chi connectivity index (χ2v) is 2.94. The molecular weight excluding hydrogens is 174 g/mol. The monoisotopic (exact) mass is 189 g/mol. The molecule has 1 heterocycles. The number of aromatic nitrogens is 1. The Morgan fingerprint density at radius 2 is 2.14 bits per heavy atom. The lowest BCUT2D eigenvalue weighted by atomic mass is 10.1. The van der Waals surface area contributed by atoms with Gasteiger partial charge in [-0.15, -0.1) is 0 Å². The van der Waals surface area contributed by atoms with Crippen LogP contribution in [0.25, 0.3) is 0 Å². The van der Waals surface area contributed by atoms with Crippen LogP contribution in [0, 0.1) is 0 Å². The van der Waals surface area contributed by atoms with Gasteiger partial charge in [0.1, 0.15) is 0 Å². The Morgan fingerprint density at radius 1 is 1.29 bits per heavy atom. The number of nitrogens with zero attached hydrogens (tertiary/aromatic N) is 1. The van der Waals surface area contributed by atoms with Crippen LogP contribution in [0.1, 0.15) is 12.0 Å². The van der Waals surface area contributed by atoms with Crippen molar-refractivity contribution in [2.45, 2.75) is 12.8 Å². The van der Waals surface area contributed by atoms with Crippen LogP contribution in [0.2, 0.25) is 0 Å². The normalized spacial score (nSPS) is 11.5. The lowest BCUT2D eigenvalue weighted by Gasteiger charge is -1.94. The third-order valence-corrected chi connectivity index (χ3v) is 1.81. The van der Waals surface area contributed by atoms with Crippen molar-refractivity contribution in [3.63, 3.8) is 0 Å². The van der Waals surface area contributed by atoms with Crippen molar-refractivity contribution >= 4 is 0 Å². The molecule has 0 fully saturated rings. The zero-order valence-electron chi connectivity index (χ0n) is 8.13. The van der Waals surface area contributed by atoms with Gasteiger partial charge in [-0.2, -0.15) is 0 Å². The fourth-order valence-electron chi connectivity index (χ4n) is 1.11. The first-order valence-electron chi connectivity index (χ1n) is 4.75. The van der Waals surface area contributed by atoms with E-state index in [1.165, 1.54) is 5.56 Å². The van der Waals surface area contributed by atoms with Gasteiger partial charge in [-0.05, 0) is 24.5 Å². The first-order valence-corrected chi connectivity index (χ1v) is 4.75. The van der Waals surface area contributed by atoms with E-state index in [2.05, 4.69) is 17.1 Å². The Balaban J connectivity index is 2.22. The standard InChI is InChI=1S/C12H15NO/c14-10-5-3-1-2-4-7-12-8-6-9-13-11-12/h1-3,5-6,8-9,11,14H,4,7,10H2/b2-1+,5-3+. The molecule has 74 valence electrons. The zero-order valence-corrected chi connectivity index (χ0v) is 8.13. The Kier molecular flexibility index (Phi) is 5.36. The van der Waals surface area contributed by atoms with E-state index < -0.39 is 0 Å². The van der Waals surface area contributed by atoms with Crippen molar-refractivity contribution in [1.82, 2.24) is 4.98 Å². The number of aliphatic hydroxyl groups excluding tert-OH is 1. The molecule has 0 amide bonds. The molecule has 14 heavy (non-hydrogen) atoms. The Bertz CT molecular complexity index is 290. The average Bonchev–Trinajstić information content (AvgIpc) is 2.25. The highest BCUT2D eigenvalue weighted by atomic mass is 16.2. The van der Waals surface area contributed by atoms with Gasteiger partial charge in [-0.25, -0.2) is 0 Å². The maximum atomic E-state index is 8.47. The van der Waals surface area contributed by atoms with Gasteiger partial charge in [-0.3, -0.25) is 4.98 Å². The third kappa shape index (κ3) is 4.58. The minimum absolute atomic E-state index is 0.104. The third-order valence-electron chi connectivity index (χ3n) is 1.81. The molecule has 1 N–H and O–H groups in total. The van der Waals surface area contributed by atoms with Gasteiger partial charge in [0.05, 0.1) is 6.61 Å². The Morgan fingerprint density at radius 3 is 2.86 bits per heavy atom. The van der Waals surface area contributed by atoms with Gasteiger partial charge in [0.2, 0.25) is 0 Å². The molecule has 2 nitrogen and oxygen atoms in total. The van der Waals surface area contributed by atoms with E-state index in [1.807, 2.05) is 24.4 Å². The molecule has 0 saturated heterocycles. The summed E-state index contributed by atoms with van der Waals surface area (Å²) in [4.78, 5) is 4.04. The minimum Gasteiger partial charge on any atom is -0.392 e. The number of aryl methyl sites for hydroxylation is 1. The predicted octanol–water partition coefficient (Wildman–Crippen LogP) is 2.12. The number of pyridine rings is 1. The molecular formula is C12H15NO. The van der Waals surface area contributed by atoms with Crippen molar-refractivity contribution in [1.29, 1.82) is 0 Å². The summed E-state index contributed by atoms with van der Waals surface area (Å²) in [5.41, 5.74) is 1.25. The molecule has 0 atom stereocenters. The number of hydrogen-bond donors (Lipinski definition) is 1. The number of allylic oxidation sites excluding steroid dienone is 3. The van der Waals surface area contributed by atoms with E-state index >= 15 is 0 Å². The lowest BCUT2D eigenvalue weighted by Crippen LogP contribution is -1.83. The maximum Gasteiger partial charge on any atom is 0.0615 e. The van der Waals surface area contributed by atoms with Crippen LogP contribution in [0.5, 0.6) is 0 Å². The Hall–Kier alpha value is -1.41. The van der Waals surface area contributed by atoms with E-state index in [-0.39, 0.29) is 6.61 Å². The number of aliphatic hydroxyl groups is 1. The molecule has 1 aromatic heterocycles. The molecule has 0 unspecified atom stereocenters. The van der Waals surface area contributed by atoms with Gasteiger partial charge < -0.3 is 5.11 Å². The van der Waals surface area contributed by atoms with Crippen molar-refractivity contribution in [2.24, 2.45) is 0 Å². The second-order valence-electron chi connectivity index (χ2n) is 2.94. The van der Waals surface area contributed by atoms with E-state index in [0.717, 1.165) is 12.8 Å². The largest absolute Gasteiger partial charge is 0.392 e. The quantitative estimate of drug-likeness (QED) is 0.720. The zero-order chi connectivity index (χ0) is 10.1. The minimum atomic E-state index is 0.104. The van der Waals surface area contributed by atoms with Crippen LogP contribution in [0.3, 0.4) is 0 Å². The highest BCUT2D eigenvalue weighted by molar-refractivity contribution is 5.10. The van der Waals surface area contributed by atoms with E-state index in [0.29, 0.717) is 0 Å². The lowest BCUT2D eigenvalue weighted by molar-refractivity contribution is 0.343. The number of hydrogen-bond acceptors (Lipinski definition) is 2. The molecule has 1 aromatic rings. The van der Waals surface area contributed by atoms with Crippen LogP contribution in [-0.2, 0) is 6.42 Å². The summed E-state index contributed by atoms with van der Waals surface area (Å²) < 4.78 is 0. The topological polar surface area (TPSA) is 33.1 Å². The fraction of sp³-hybridized carbons (Fsp3) is 0.250. The Labute approximate surface area is 84.6 Å². The molecule has 0 aliphatic rings. The highest BCUT2D eigenvalue weighted by Crippen LogP contribution is 2.00. The first kappa shape index (κ1) is 10.7. The van der Waals surface area contributed by atoms with Crippen LogP contribution < -0.4 is 0 Å². The van der Waals surface area contributed by atoms with Crippen LogP contribution in [0.15, 0.2) is 48.8 Å². The first-order chi connectivity index (χ1) is 6.93. The van der Waals surface area contributed by atoms with E-state index in [1.54, 1.807) is 12.3 Å². The molecule has 2 heteroatoms. The van der Waals surface area contributed by atoms with Gasteiger partial charge in [0.15, 0.2) is 0 Å². The van der Waals surface area contributed by atoms with Gasteiger partial charge >= 0.3 is 0 Å². The predicted molar refractivity (Wildman–Crippen MR) is 57.9 cm³/mol. The fourth-order valence-corrected chi connectivity index (χ4v) is 1.11. The second kappa shape index (κ2) is 7.04. The van der Waals surface area contributed by atoms with Gasteiger partial charge in [0.25, 0.3) is 0 Å². The molecule has 1 rings (SSSR count). The van der Waals surface area contributed by atoms with Crippen molar-refractivity contribution in [3.8, 4) is 0 Å². The summed E-state index contributed by atoms with van der Waals surface area (Å²) in [5.74, 6) is 0. The van der Waals surface area contributed by atoms with Crippen LogP contribution >= 0.6 is 0 Å². The summed E-state index contributed by atoms with van der Waals surface area (Å²) >= 11 is 0. The summed E-state index contributed by atoms with van der Waals surface area (Å²) in [5, 5.41) is 8.47. The molecule has 0 radical (unpaired) electrons. The number of rotatable bonds is 5. The molecule has 0 bridgehead atoms. The van der Waals surface area contributed by atoms with Gasteiger partial charge in [0, 0.05) is 12.4 Å². The summed E-state index contributed by atoms with van der Waals surface area (Å²) in [6.45, 7) is 0.104.